The van der Waals surface area contributed by atoms with E-state index >= 15 is 0 Å². The van der Waals surface area contributed by atoms with Crippen LogP contribution in [0, 0.1) is 5.92 Å². The first kappa shape index (κ1) is 16.7. The summed E-state index contributed by atoms with van der Waals surface area (Å²) in [6.45, 7) is 2.73. The lowest BCUT2D eigenvalue weighted by molar-refractivity contribution is -0.137. The molecular formula is C16H30N2O3. The zero-order valence-electron chi connectivity index (χ0n) is 13.0. The number of carboxylic acid groups (broad SMARTS) is 1. The van der Waals surface area contributed by atoms with Crippen LogP contribution >= 0.6 is 0 Å². The second kappa shape index (κ2) is 8.71. The van der Waals surface area contributed by atoms with Crippen molar-refractivity contribution in [2.75, 3.05) is 26.2 Å². The van der Waals surface area contributed by atoms with Crippen LogP contribution in [0.3, 0.4) is 0 Å². The summed E-state index contributed by atoms with van der Waals surface area (Å²) in [6, 6.07) is 1.09. The third kappa shape index (κ3) is 5.93. The lowest BCUT2D eigenvalue weighted by atomic mass is 9.89. The minimum atomic E-state index is -0.726. The molecule has 0 spiro atoms. The third-order valence-corrected chi connectivity index (χ3v) is 4.87. The topological polar surface area (TPSA) is 72.8 Å². The molecule has 0 aromatic rings. The minimum absolute atomic E-state index is 0.210. The standard InChI is InChI=1S/C16H30N2O3/c19-9-7-13-10-15(17-14-4-2-1-3-5-14)12-18(11-13)8-6-16(20)21/h13-15,17,19H,1-12H2,(H,20,21). The SMILES string of the molecule is O=C(O)CCN1CC(CCO)CC(NC2CCCCC2)C1. The van der Waals surface area contributed by atoms with Crippen LogP contribution in [-0.4, -0.2) is 59.4 Å². The maximum Gasteiger partial charge on any atom is 0.304 e. The van der Waals surface area contributed by atoms with Crippen LogP contribution in [0.4, 0.5) is 0 Å². The van der Waals surface area contributed by atoms with Crippen LogP contribution in [0.15, 0.2) is 0 Å². The molecule has 0 aromatic heterocycles. The molecule has 1 aliphatic heterocycles. The quantitative estimate of drug-likeness (QED) is 0.663. The van der Waals surface area contributed by atoms with Crippen LogP contribution in [0.1, 0.15) is 51.4 Å². The molecule has 3 N–H and O–H groups in total. The molecule has 2 aliphatic rings. The van der Waals surface area contributed by atoms with Crippen molar-refractivity contribution in [3.63, 3.8) is 0 Å². The van der Waals surface area contributed by atoms with Gasteiger partial charge in [-0.2, -0.15) is 0 Å². The monoisotopic (exact) mass is 298 g/mol. The molecule has 0 radical (unpaired) electrons. The molecule has 2 unspecified atom stereocenters. The molecule has 5 nitrogen and oxygen atoms in total. The van der Waals surface area contributed by atoms with E-state index < -0.39 is 5.97 Å². The van der Waals surface area contributed by atoms with E-state index in [1.807, 2.05) is 0 Å². The van der Waals surface area contributed by atoms with Gasteiger partial charge in [0.05, 0.1) is 6.42 Å². The highest BCUT2D eigenvalue weighted by molar-refractivity contribution is 5.66. The second-order valence-corrected chi connectivity index (χ2v) is 6.72. The van der Waals surface area contributed by atoms with Crippen LogP contribution in [0.5, 0.6) is 0 Å². The van der Waals surface area contributed by atoms with E-state index in [0.717, 1.165) is 25.9 Å². The number of aliphatic hydroxyl groups is 1. The highest BCUT2D eigenvalue weighted by Gasteiger charge is 2.28. The van der Waals surface area contributed by atoms with Crippen molar-refractivity contribution in [2.24, 2.45) is 5.92 Å². The highest BCUT2D eigenvalue weighted by Crippen LogP contribution is 2.23. The number of rotatable bonds is 7. The summed E-state index contributed by atoms with van der Waals surface area (Å²) >= 11 is 0. The van der Waals surface area contributed by atoms with Crippen molar-refractivity contribution in [3.8, 4) is 0 Å². The van der Waals surface area contributed by atoms with Gasteiger partial charge >= 0.3 is 5.97 Å². The average Bonchev–Trinajstić information content (AvgIpc) is 2.46. The van der Waals surface area contributed by atoms with Gasteiger partial charge in [-0.3, -0.25) is 4.79 Å². The Kier molecular flexibility index (Phi) is 6.93. The smallest absolute Gasteiger partial charge is 0.304 e. The molecule has 2 rings (SSSR count). The summed E-state index contributed by atoms with van der Waals surface area (Å²) in [7, 11) is 0. The first-order valence-corrected chi connectivity index (χ1v) is 8.48. The Morgan fingerprint density at radius 2 is 1.90 bits per heavy atom. The number of likely N-dealkylation sites (tertiary alicyclic amines) is 1. The number of carboxylic acids is 1. The summed E-state index contributed by atoms with van der Waals surface area (Å²) in [5.74, 6) is -0.241. The van der Waals surface area contributed by atoms with Gasteiger partial charge in [0, 0.05) is 38.3 Å². The van der Waals surface area contributed by atoms with E-state index in [4.69, 9.17) is 5.11 Å². The van der Waals surface area contributed by atoms with Crippen molar-refractivity contribution in [3.05, 3.63) is 0 Å². The van der Waals surface area contributed by atoms with Crippen molar-refractivity contribution in [1.29, 1.82) is 0 Å². The normalized spacial score (nSPS) is 28.6. The maximum atomic E-state index is 10.8. The minimum Gasteiger partial charge on any atom is -0.481 e. The summed E-state index contributed by atoms with van der Waals surface area (Å²) in [5, 5.41) is 21.8. The summed E-state index contributed by atoms with van der Waals surface area (Å²) in [5.41, 5.74) is 0. The Morgan fingerprint density at radius 3 is 2.57 bits per heavy atom. The van der Waals surface area contributed by atoms with E-state index in [2.05, 4.69) is 10.2 Å². The van der Waals surface area contributed by atoms with Gasteiger partial charge in [0.15, 0.2) is 0 Å². The van der Waals surface area contributed by atoms with Gasteiger partial charge in [-0.15, -0.1) is 0 Å². The molecule has 5 heteroatoms. The van der Waals surface area contributed by atoms with Crippen molar-refractivity contribution in [1.82, 2.24) is 10.2 Å². The zero-order chi connectivity index (χ0) is 15.1. The van der Waals surface area contributed by atoms with Gasteiger partial charge in [0.25, 0.3) is 0 Å². The first-order valence-electron chi connectivity index (χ1n) is 8.48. The van der Waals surface area contributed by atoms with Crippen molar-refractivity contribution >= 4 is 5.97 Å². The fourth-order valence-electron chi connectivity index (χ4n) is 3.85. The van der Waals surface area contributed by atoms with E-state index in [1.54, 1.807) is 0 Å². The molecular weight excluding hydrogens is 268 g/mol. The van der Waals surface area contributed by atoms with E-state index in [-0.39, 0.29) is 13.0 Å². The Labute approximate surface area is 127 Å². The van der Waals surface area contributed by atoms with Crippen molar-refractivity contribution in [2.45, 2.75) is 63.5 Å². The third-order valence-electron chi connectivity index (χ3n) is 4.87. The van der Waals surface area contributed by atoms with Crippen LogP contribution in [0.2, 0.25) is 0 Å². The molecule has 0 amide bonds. The Bertz CT molecular complexity index is 319. The summed E-state index contributed by atoms with van der Waals surface area (Å²) < 4.78 is 0. The highest BCUT2D eigenvalue weighted by atomic mass is 16.4. The molecule has 122 valence electrons. The summed E-state index contributed by atoms with van der Waals surface area (Å²) in [4.78, 5) is 13.0. The molecule has 2 fully saturated rings. The summed E-state index contributed by atoms with van der Waals surface area (Å²) in [6.07, 6.45) is 8.71. The van der Waals surface area contributed by atoms with E-state index in [9.17, 15) is 9.90 Å². The molecule has 2 atom stereocenters. The van der Waals surface area contributed by atoms with Crippen LogP contribution in [-0.2, 0) is 4.79 Å². The molecule has 1 heterocycles. The maximum absolute atomic E-state index is 10.8. The Hall–Kier alpha value is -0.650. The van der Waals surface area contributed by atoms with E-state index in [1.165, 1.54) is 32.1 Å². The number of aliphatic carboxylic acids is 1. The predicted octanol–water partition coefficient (Wildman–Crippen LogP) is 1.46. The van der Waals surface area contributed by atoms with Gasteiger partial charge < -0.3 is 20.4 Å². The number of hydrogen-bond donors (Lipinski definition) is 3. The molecule has 1 aliphatic carbocycles. The zero-order valence-corrected chi connectivity index (χ0v) is 13.0. The molecule has 0 aromatic carbocycles. The largest absolute Gasteiger partial charge is 0.481 e. The molecule has 1 saturated carbocycles. The number of carbonyl (C=O) groups is 1. The number of nitrogens with one attached hydrogen (secondary N) is 1. The lowest BCUT2D eigenvalue weighted by Gasteiger charge is -2.40. The molecule has 1 saturated heterocycles. The fraction of sp³-hybridized carbons (Fsp3) is 0.938. The first-order chi connectivity index (χ1) is 10.2. The number of aliphatic hydroxyl groups excluding tert-OH is 1. The number of nitrogens with zero attached hydrogens (tertiary/aromatic N) is 1. The fourth-order valence-corrected chi connectivity index (χ4v) is 3.85. The van der Waals surface area contributed by atoms with Gasteiger partial charge in [-0.05, 0) is 31.6 Å². The van der Waals surface area contributed by atoms with Crippen LogP contribution in [0.25, 0.3) is 0 Å². The number of hydrogen-bond acceptors (Lipinski definition) is 4. The van der Waals surface area contributed by atoms with Gasteiger partial charge in [-0.25, -0.2) is 0 Å². The Morgan fingerprint density at radius 1 is 1.14 bits per heavy atom. The van der Waals surface area contributed by atoms with Gasteiger partial charge in [0.2, 0.25) is 0 Å². The predicted molar refractivity (Wildman–Crippen MR) is 82.3 cm³/mol. The van der Waals surface area contributed by atoms with E-state index in [0.29, 0.717) is 24.5 Å². The molecule has 21 heavy (non-hydrogen) atoms. The lowest BCUT2D eigenvalue weighted by Crippen LogP contribution is -2.52. The van der Waals surface area contributed by atoms with Gasteiger partial charge in [-0.1, -0.05) is 19.3 Å². The number of piperidine rings is 1. The Balaban J connectivity index is 1.84. The van der Waals surface area contributed by atoms with Gasteiger partial charge in [0.1, 0.15) is 0 Å². The molecule has 0 bridgehead atoms. The van der Waals surface area contributed by atoms with Crippen LogP contribution < -0.4 is 5.32 Å². The average molecular weight is 298 g/mol. The van der Waals surface area contributed by atoms with Crippen molar-refractivity contribution < 1.29 is 15.0 Å². The second-order valence-electron chi connectivity index (χ2n) is 6.72.